The van der Waals surface area contributed by atoms with Gasteiger partial charge in [-0.2, -0.15) is 4.31 Å². The third-order valence-corrected chi connectivity index (χ3v) is 8.02. The molecule has 178 valence electrons. The summed E-state index contributed by atoms with van der Waals surface area (Å²) in [6, 6.07) is 14.2. The number of likely N-dealkylation sites (tertiary alicyclic amines) is 1. The predicted octanol–water partition coefficient (Wildman–Crippen LogP) is 3.86. The quantitative estimate of drug-likeness (QED) is 0.638. The lowest BCUT2D eigenvalue weighted by Crippen LogP contribution is -2.48. The van der Waals surface area contributed by atoms with Crippen LogP contribution in [-0.4, -0.2) is 62.0 Å². The highest BCUT2D eigenvalue weighted by Gasteiger charge is 2.34. The summed E-state index contributed by atoms with van der Waals surface area (Å²) >= 11 is 0. The summed E-state index contributed by atoms with van der Waals surface area (Å²) in [5.74, 6) is 0.661. The van der Waals surface area contributed by atoms with Crippen LogP contribution in [0.5, 0.6) is 5.75 Å². The van der Waals surface area contributed by atoms with Gasteiger partial charge in [0, 0.05) is 25.2 Å². The van der Waals surface area contributed by atoms with Crippen molar-refractivity contribution in [3.8, 4) is 5.75 Å². The summed E-state index contributed by atoms with van der Waals surface area (Å²) in [4.78, 5) is 15.4. The second-order valence-corrected chi connectivity index (χ2v) is 10.7. The normalized spacial score (nSPS) is 24.1. The van der Waals surface area contributed by atoms with E-state index in [1.54, 1.807) is 18.2 Å². The van der Waals surface area contributed by atoms with E-state index in [0.29, 0.717) is 31.8 Å². The Morgan fingerprint density at radius 2 is 1.79 bits per heavy atom. The van der Waals surface area contributed by atoms with Gasteiger partial charge in [-0.3, -0.25) is 4.79 Å². The molecule has 3 atom stereocenters. The van der Waals surface area contributed by atoms with Crippen molar-refractivity contribution in [1.82, 2.24) is 9.21 Å². The molecule has 1 amide bonds. The number of benzene rings is 2. The van der Waals surface area contributed by atoms with Crippen LogP contribution in [0.2, 0.25) is 0 Å². The number of ether oxygens (including phenoxy) is 2. The van der Waals surface area contributed by atoms with E-state index in [4.69, 9.17) is 9.47 Å². The standard InChI is InChI=1S/C25H32N2O5S/c1-4-31-22-12-10-20(11-13-22)24-9-6-14-27(24)25(28)21-7-5-8-23(15-21)33(29,30)26-16-18(2)32-19(3)17-26/h5,7-8,10-13,15,18-19,24H,4,6,9,14,16-17H2,1-3H3. The molecule has 4 rings (SSSR count). The van der Waals surface area contributed by atoms with Crippen LogP contribution >= 0.6 is 0 Å². The number of amides is 1. The lowest BCUT2D eigenvalue weighted by atomic mass is 10.0. The fraction of sp³-hybridized carbons (Fsp3) is 0.480. The molecule has 0 saturated carbocycles. The molecule has 2 saturated heterocycles. The Hall–Kier alpha value is -2.42. The first-order valence-corrected chi connectivity index (χ1v) is 13.0. The van der Waals surface area contributed by atoms with Crippen molar-refractivity contribution < 1.29 is 22.7 Å². The maximum atomic E-state index is 13.4. The molecule has 0 bridgehead atoms. The molecular formula is C25H32N2O5S. The smallest absolute Gasteiger partial charge is 0.254 e. The molecule has 0 spiro atoms. The van der Waals surface area contributed by atoms with Crippen LogP contribution in [0.1, 0.15) is 55.6 Å². The number of sulfonamides is 1. The van der Waals surface area contributed by atoms with Gasteiger partial charge in [0.1, 0.15) is 5.75 Å². The Balaban J connectivity index is 1.55. The lowest BCUT2D eigenvalue weighted by Gasteiger charge is -2.34. The van der Waals surface area contributed by atoms with Crippen LogP contribution in [0.3, 0.4) is 0 Å². The zero-order valence-corrected chi connectivity index (χ0v) is 20.3. The van der Waals surface area contributed by atoms with Crippen molar-refractivity contribution in [3.63, 3.8) is 0 Å². The first-order valence-electron chi connectivity index (χ1n) is 11.6. The van der Waals surface area contributed by atoms with E-state index in [1.807, 2.05) is 49.9 Å². The van der Waals surface area contributed by atoms with Crippen LogP contribution in [0, 0.1) is 0 Å². The molecule has 8 heteroatoms. The Labute approximate surface area is 196 Å². The molecule has 0 aromatic heterocycles. The molecule has 2 aliphatic rings. The molecular weight excluding hydrogens is 440 g/mol. The number of carbonyl (C=O) groups is 1. The van der Waals surface area contributed by atoms with Crippen LogP contribution < -0.4 is 4.74 Å². The van der Waals surface area contributed by atoms with Gasteiger partial charge in [0.15, 0.2) is 0 Å². The maximum absolute atomic E-state index is 13.4. The van der Waals surface area contributed by atoms with Gasteiger partial charge in [-0.1, -0.05) is 18.2 Å². The highest BCUT2D eigenvalue weighted by Crippen LogP contribution is 2.34. The molecule has 2 heterocycles. The highest BCUT2D eigenvalue weighted by molar-refractivity contribution is 7.89. The van der Waals surface area contributed by atoms with Gasteiger partial charge < -0.3 is 14.4 Å². The molecule has 3 unspecified atom stereocenters. The molecule has 2 aromatic rings. The molecule has 7 nitrogen and oxygen atoms in total. The van der Waals surface area contributed by atoms with E-state index in [0.717, 1.165) is 24.2 Å². The summed E-state index contributed by atoms with van der Waals surface area (Å²) in [7, 11) is -3.71. The molecule has 0 radical (unpaired) electrons. The Bertz CT molecular complexity index is 1080. The highest BCUT2D eigenvalue weighted by atomic mass is 32.2. The zero-order chi connectivity index (χ0) is 23.6. The lowest BCUT2D eigenvalue weighted by molar-refractivity contribution is -0.0440. The van der Waals surface area contributed by atoms with Gasteiger partial charge >= 0.3 is 0 Å². The van der Waals surface area contributed by atoms with Gasteiger partial charge in [0.2, 0.25) is 10.0 Å². The third-order valence-electron chi connectivity index (χ3n) is 6.19. The van der Waals surface area contributed by atoms with Crippen molar-refractivity contribution in [2.45, 2.75) is 56.8 Å². The molecule has 2 aromatic carbocycles. The SMILES string of the molecule is CCOc1ccc(C2CCCN2C(=O)c2cccc(S(=O)(=O)N3CC(C)OC(C)C3)c2)cc1. The van der Waals surface area contributed by atoms with Crippen molar-refractivity contribution in [3.05, 3.63) is 59.7 Å². The first kappa shape index (κ1) is 23.7. The van der Waals surface area contributed by atoms with Gasteiger partial charge in [-0.15, -0.1) is 0 Å². The largest absolute Gasteiger partial charge is 0.494 e. The maximum Gasteiger partial charge on any atom is 0.254 e. The zero-order valence-electron chi connectivity index (χ0n) is 19.4. The average molecular weight is 473 g/mol. The van der Waals surface area contributed by atoms with Crippen molar-refractivity contribution >= 4 is 15.9 Å². The van der Waals surface area contributed by atoms with Crippen LogP contribution in [-0.2, 0) is 14.8 Å². The number of carbonyl (C=O) groups excluding carboxylic acids is 1. The van der Waals surface area contributed by atoms with E-state index in [1.165, 1.54) is 10.4 Å². The van der Waals surface area contributed by atoms with Gasteiger partial charge in [-0.25, -0.2) is 8.42 Å². The van der Waals surface area contributed by atoms with E-state index in [2.05, 4.69) is 0 Å². The van der Waals surface area contributed by atoms with Gasteiger partial charge in [0.05, 0.1) is 29.8 Å². The molecule has 33 heavy (non-hydrogen) atoms. The molecule has 0 aliphatic carbocycles. The van der Waals surface area contributed by atoms with Gasteiger partial charge in [-0.05, 0) is 69.5 Å². The van der Waals surface area contributed by atoms with Crippen molar-refractivity contribution in [2.75, 3.05) is 26.2 Å². The number of morpholine rings is 1. The van der Waals surface area contributed by atoms with Crippen LogP contribution in [0.25, 0.3) is 0 Å². The second-order valence-electron chi connectivity index (χ2n) is 8.77. The minimum atomic E-state index is -3.71. The van der Waals surface area contributed by atoms with E-state index < -0.39 is 10.0 Å². The van der Waals surface area contributed by atoms with Crippen LogP contribution in [0.4, 0.5) is 0 Å². The minimum absolute atomic E-state index is 0.0330. The van der Waals surface area contributed by atoms with Crippen molar-refractivity contribution in [2.24, 2.45) is 0 Å². The number of hydrogen-bond acceptors (Lipinski definition) is 5. The van der Waals surface area contributed by atoms with E-state index >= 15 is 0 Å². The Morgan fingerprint density at radius 3 is 2.45 bits per heavy atom. The summed E-state index contributed by atoms with van der Waals surface area (Å²) in [6.45, 7) is 7.54. The summed E-state index contributed by atoms with van der Waals surface area (Å²) in [5.41, 5.74) is 1.45. The fourth-order valence-corrected chi connectivity index (χ4v) is 6.38. The Morgan fingerprint density at radius 1 is 1.09 bits per heavy atom. The monoisotopic (exact) mass is 472 g/mol. The van der Waals surface area contributed by atoms with E-state index in [-0.39, 0.29) is 29.1 Å². The third kappa shape index (κ3) is 5.08. The predicted molar refractivity (Wildman–Crippen MR) is 126 cm³/mol. The van der Waals surface area contributed by atoms with Crippen molar-refractivity contribution in [1.29, 1.82) is 0 Å². The number of nitrogens with zero attached hydrogens (tertiary/aromatic N) is 2. The Kier molecular flexibility index (Phi) is 7.07. The molecule has 2 aliphatic heterocycles. The average Bonchev–Trinajstić information content (AvgIpc) is 3.29. The summed E-state index contributed by atoms with van der Waals surface area (Å²) < 4.78 is 39.2. The first-order chi connectivity index (χ1) is 15.8. The van der Waals surface area contributed by atoms with Crippen LogP contribution in [0.15, 0.2) is 53.4 Å². The van der Waals surface area contributed by atoms with E-state index in [9.17, 15) is 13.2 Å². The number of hydrogen-bond donors (Lipinski definition) is 0. The molecule has 0 N–H and O–H groups in total. The van der Waals surface area contributed by atoms with Gasteiger partial charge in [0.25, 0.3) is 5.91 Å². The topological polar surface area (TPSA) is 76.2 Å². The fourth-order valence-electron chi connectivity index (χ4n) is 4.74. The summed E-state index contributed by atoms with van der Waals surface area (Å²) in [5, 5.41) is 0. The number of rotatable bonds is 6. The molecule has 2 fully saturated rings. The minimum Gasteiger partial charge on any atom is -0.494 e. The second kappa shape index (κ2) is 9.83. The summed E-state index contributed by atoms with van der Waals surface area (Å²) in [6.07, 6.45) is 1.44.